The van der Waals surface area contributed by atoms with Gasteiger partial charge in [-0.3, -0.25) is 4.79 Å². The van der Waals surface area contributed by atoms with Gasteiger partial charge in [0.15, 0.2) is 0 Å². The number of hydrogen-bond acceptors (Lipinski definition) is 1. The molecule has 2 heteroatoms. The predicted molar refractivity (Wildman–Crippen MR) is 86.4 cm³/mol. The maximum atomic E-state index is 12.4. The van der Waals surface area contributed by atoms with Gasteiger partial charge in [-0.15, -0.1) is 0 Å². The van der Waals surface area contributed by atoms with Crippen LogP contribution in [-0.4, -0.2) is 23.4 Å². The molecule has 110 valence electrons. The predicted octanol–water partition coefficient (Wildman–Crippen LogP) is 4.37. The first-order chi connectivity index (χ1) is 9.45. The standard InChI is InChI=1S/C18H27NO/c1-6-16(5)18(20)19(14(2)3)13-15(4)12-17-10-8-7-9-11-17/h7-12,14,16H,6,13H2,1-5H3/b15-12+. The average molecular weight is 273 g/mol. The van der Waals surface area contributed by atoms with Crippen LogP contribution in [0.3, 0.4) is 0 Å². The third kappa shape index (κ3) is 4.84. The molecule has 1 unspecified atom stereocenters. The van der Waals surface area contributed by atoms with E-state index in [9.17, 15) is 4.79 Å². The Kier molecular flexibility index (Phi) is 6.50. The number of carbonyl (C=O) groups excluding carboxylic acids is 1. The van der Waals surface area contributed by atoms with Crippen molar-refractivity contribution in [2.45, 2.75) is 47.1 Å². The van der Waals surface area contributed by atoms with Crippen molar-refractivity contribution in [3.8, 4) is 0 Å². The van der Waals surface area contributed by atoms with Crippen LogP contribution in [0.1, 0.15) is 46.6 Å². The summed E-state index contributed by atoms with van der Waals surface area (Å²) in [5.41, 5.74) is 2.39. The Morgan fingerprint density at radius 1 is 1.20 bits per heavy atom. The molecule has 0 bridgehead atoms. The first kappa shape index (κ1) is 16.5. The fourth-order valence-corrected chi connectivity index (χ4v) is 2.12. The second-order valence-electron chi connectivity index (χ2n) is 5.77. The molecule has 0 aromatic heterocycles. The van der Waals surface area contributed by atoms with Crippen LogP contribution in [0.4, 0.5) is 0 Å². The van der Waals surface area contributed by atoms with Crippen molar-refractivity contribution in [2.75, 3.05) is 6.54 Å². The monoisotopic (exact) mass is 273 g/mol. The Bertz CT molecular complexity index is 448. The van der Waals surface area contributed by atoms with Crippen LogP contribution in [0.5, 0.6) is 0 Å². The van der Waals surface area contributed by atoms with E-state index in [0.717, 1.165) is 6.42 Å². The highest BCUT2D eigenvalue weighted by Gasteiger charge is 2.21. The maximum absolute atomic E-state index is 12.4. The van der Waals surface area contributed by atoms with Crippen molar-refractivity contribution in [1.82, 2.24) is 4.90 Å². The summed E-state index contributed by atoms with van der Waals surface area (Å²) >= 11 is 0. The first-order valence-electron chi connectivity index (χ1n) is 7.48. The zero-order valence-corrected chi connectivity index (χ0v) is 13.4. The highest BCUT2D eigenvalue weighted by atomic mass is 16.2. The van der Waals surface area contributed by atoms with Gasteiger partial charge in [-0.1, -0.05) is 55.8 Å². The van der Waals surface area contributed by atoms with E-state index in [1.807, 2.05) is 30.0 Å². The van der Waals surface area contributed by atoms with Gasteiger partial charge in [0.25, 0.3) is 0 Å². The molecule has 1 rings (SSSR count). The number of benzene rings is 1. The average Bonchev–Trinajstić information content (AvgIpc) is 2.44. The minimum absolute atomic E-state index is 0.0990. The molecule has 0 radical (unpaired) electrons. The molecule has 1 atom stereocenters. The molecule has 0 aliphatic rings. The van der Waals surface area contributed by atoms with Gasteiger partial charge in [-0.05, 0) is 32.8 Å². The Labute approximate surface area is 123 Å². The number of carbonyl (C=O) groups is 1. The minimum atomic E-state index is 0.0990. The number of hydrogen-bond donors (Lipinski definition) is 0. The molecule has 0 fully saturated rings. The van der Waals surface area contributed by atoms with Crippen molar-refractivity contribution in [3.63, 3.8) is 0 Å². The van der Waals surface area contributed by atoms with Crippen LogP contribution < -0.4 is 0 Å². The van der Waals surface area contributed by atoms with Gasteiger partial charge in [-0.2, -0.15) is 0 Å². The zero-order chi connectivity index (χ0) is 15.1. The number of amides is 1. The summed E-state index contributed by atoms with van der Waals surface area (Å²) in [5, 5.41) is 0. The first-order valence-corrected chi connectivity index (χ1v) is 7.48. The van der Waals surface area contributed by atoms with Crippen molar-refractivity contribution >= 4 is 12.0 Å². The van der Waals surface area contributed by atoms with Gasteiger partial charge < -0.3 is 4.90 Å². The van der Waals surface area contributed by atoms with Crippen LogP contribution in [0, 0.1) is 5.92 Å². The van der Waals surface area contributed by atoms with Gasteiger partial charge in [0, 0.05) is 18.5 Å². The van der Waals surface area contributed by atoms with Crippen molar-refractivity contribution in [2.24, 2.45) is 5.92 Å². The lowest BCUT2D eigenvalue weighted by molar-refractivity contribution is -0.136. The molecular weight excluding hydrogens is 246 g/mol. The SMILES string of the molecule is CCC(C)C(=O)N(C/C(C)=C/c1ccccc1)C(C)C. The molecule has 0 saturated carbocycles. The second kappa shape index (κ2) is 7.88. The highest BCUT2D eigenvalue weighted by molar-refractivity contribution is 5.79. The Hall–Kier alpha value is -1.57. The third-order valence-electron chi connectivity index (χ3n) is 3.57. The molecule has 2 nitrogen and oxygen atoms in total. The second-order valence-corrected chi connectivity index (χ2v) is 5.77. The lowest BCUT2D eigenvalue weighted by Crippen LogP contribution is -2.41. The summed E-state index contributed by atoms with van der Waals surface area (Å²) in [4.78, 5) is 14.4. The molecule has 1 aromatic carbocycles. The quantitative estimate of drug-likeness (QED) is 0.753. The summed E-state index contributed by atoms with van der Waals surface area (Å²) < 4.78 is 0. The van der Waals surface area contributed by atoms with E-state index in [0.29, 0.717) is 6.54 Å². The molecule has 0 aliphatic carbocycles. The molecule has 0 N–H and O–H groups in total. The van der Waals surface area contributed by atoms with E-state index in [-0.39, 0.29) is 17.9 Å². The van der Waals surface area contributed by atoms with Crippen molar-refractivity contribution in [3.05, 3.63) is 41.5 Å². The Morgan fingerprint density at radius 3 is 2.30 bits per heavy atom. The van der Waals surface area contributed by atoms with Crippen molar-refractivity contribution < 1.29 is 4.79 Å². The van der Waals surface area contributed by atoms with Gasteiger partial charge in [0.1, 0.15) is 0 Å². The fourth-order valence-electron chi connectivity index (χ4n) is 2.12. The molecule has 1 amide bonds. The molecule has 1 aromatic rings. The fraction of sp³-hybridized carbons (Fsp3) is 0.500. The number of rotatable bonds is 6. The summed E-state index contributed by atoms with van der Waals surface area (Å²) in [6.45, 7) is 11.0. The van der Waals surface area contributed by atoms with Crippen LogP contribution in [0.15, 0.2) is 35.9 Å². The van der Waals surface area contributed by atoms with E-state index < -0.39 is 0 Å². The summed E-state index contributed by atoms with van der Waals surface area (Å²) in [7, 11) is 0. The van der Waals surface area contributed by atoms with Crippen LogP contribution in [0.25, 0.3) is 6.08 Å². The molecule has 0 aliphatic heterocycles. The normalized spacial score (nSPS) is 13.4. The summed E-state index contributed by atoms with van der Waals surface area (Å²) in [6.07, 6.45) is 3.04. The smallest absolute Gasteiger partial charge is 0.225 e. The van der Waals surface area contributed by atoms with Crippen LogP contribution in [0.2, 0.25) is 0 Å². The van der Waals surface area contributed by atoms with E-state index in [1.165, 1.54) is 11.1 Å². The molecule has 0 spiro atoms. The van der Waals surface area contributed by atoms with E-state index in [1.54, 1.807) is 0 Å². The highest BCUT2D eigenvalue weighted by Crippen LogP contribution is 2.14. The van der Waals surface area contributed by atoms with Crippen LogP contribution >= 0.6 is 0 Å². The molecule has 20 heavy (non-hydrogen) atoms. The molecule has 0 saturated heterocycles. The Balaban J connectivity index is 2.81. The number of nitrogens with zero attached hydrogens (tertiary/aromatic N) is 1. The lowest BCUT2D eigenvalue weighted by atomic mass is 10.1. The third-order valence-corrected chi connectivity index (χ3v) is 3.57. The minimum Gasteiger partial charge on any atom is -0.336 e. The zero-order valence-electron chi connectivity index (χ0n) is 13.4. The van der Waals surface area contributed by atoms with Crippen LogP contribution in [-0.2, 0) is 4.79 Å². The largest absolute Gasteiger partial charge is 0.336 e. The van der Waals surface area contributed by atoms with E-state index >= 15 is 0 Å². The van der Waals surface area contributed by atoms with Gasteiger partial charge >= 0.3 is 0 Å². The van der Waals surface area contributed by atoms with E-state index in [2.05, 4.69) is 45.9 Å². The topological polar surface area (TPSA) is 20.3 Å². The lowest BCUT2D eigenvalue weighted by Gasteiger charge is -2.29. The van der Waals surface area contributed by atoms with Gasteiger partial charge in [0.05, 0.1) is 0 Å². The summed E-state index contributed by atoms with van der Waals surface area (Å²) in [5.74, 6) is 0.352. The van der Waals surface area contributed by atoms with Gasteiger partial charge in [-0.25, -0.2) is 0 Å². The summed E-state index contributed by atoms with van der Waals surface area (Å²) in [6, 6.07) is 10.5. The Morgan fingerprint density at radius 2 is 1.80 bits per heavy atom. The maximum Gasteiger partial charge on any atom is 0.225 e. The molecular formula is C18H27NO. The van der Waals surface area contributed by atoms with Crippen molar-refractivity contribution in [1.29, 1.82) is 0 Å². The van der Waals surface area contributed by atoms with Gasteiger partial charge in [0.2, 0.25) is 5.91 Å². The molecule has 0 heterocycles. The van der Waals surface area contributed by atoms with E-state index in [4.69, 9.17) is 0 Å².